The highest BCUT2D eigenvalue weighted by Crippen LogP contribution is 2.22. The lowest BCUT2D eigenvalue weighted by Gasteiger charge is -2.12. The summed E-state index contributed by atoms with van der Waals surface area (Å²) in [7, 11) is 1.70. The van der Waals surface area contributed by atoms with E-state index in [1.807, 2.05) is 23.5 Å². The summed E-state index contributed by atoms with van der Waals surface area (Å²) >= 11 is 1.87. The van der Waals surface area contributed by atoms with Crippen LogP contribution >= 0.6 is 11.3 Å². The number of aryl methyl sites for hydroxylation is 1. The summed E-state index contributed by atoms with van der Waals surface area (Å²) in [5.74, 6) is 0.916. The second-order valence-electron chi connectivity index (χ2n) is 4.72. The minimum atomic E-state index is 0.428. The van der Waals surface area contributed by atoms with E-state index in [9.17, 15) is 0 Å². The Morgan fingerprint density at radius 1 is 1.16 bits per heavy atom. The van der Waals surface area contributed by atoms with Gasteiger partial charge in [-0.25, -0.2) is 0 Å². The van der Waals surface area contributed by atoms with Gasteiger partial charge in [0.05, 0.1) is 7.11 Å². The zero-order valence-corrected chi connectivity index (χ0v) is 12.6. The van der Waals surface area contributed by atoms with Gasteiger partial charge < -0.3 is 10.1 Å². The van der Waals surface area contributed by atoms with Crippen LogP contribution in [0.1, 0.15) is 28.3 Å². The highest BCUT2D eigenvalue weighted by Gasteiger charge is 2.06. The van der Waals surface area contributed by atoms with Crippen LogP contribution in [-0.2, 0) is 6.42 Å². The molecule has 0 spiro atoms. The Balaban J connectivity index is 1.79. The third-order valence-electron chi connectivity index (χ3n) is 3.21. The molecule has 0 saturated carbocycles. The first-order valence-corrected chi connectivity index (χ1v) is 7.43. The van der Waals surface area contributed by atoms with E-state index in [4.69, 9.17) is 4.74 Å². The van der Waals surface area contributed by atoms with Crippen molar-refractivity contribution in [3.63, 3.8) is 0 Å². The monoisotopic (exact) mass is 275 g/mol. The van der Waals surface area contributed by atoms with Crippen LogP contribution in [0.2, 0.25) is 0 Å². The van der Waals surface area contributed by atoms with Crippen molar-refractivity contribution in [1.82, 2.24) is 5.32 Å². The van der Waals surface area contributed by atoms with Crippen molar-refractivity contribution in [2.45, 2.75) is 26.3 Å². The van der Waals surface area contributed by atoms with Crippen molar-refractivity contribution in [3.05, 3.63) is 51.7 Å². The minimum Gasteiger partial charge on any atom is -0.497 e. The molecule has 0 radical (unpaired) electrons. The smallest absolute Gasteiger partial charge is 0.118 e. The van der Waals surface area contributed by atoms with Gasteiger partial charge in [0.1, 0.15) is 5.75 Å². The summed E-state index contributed by atoms with van der Waals surface area (Å²) in [4.78, 5) is 2.78. The van der Waals surface area contributed by atoms with E-state index >= 15 is 0 Å². The lowest BCUT2D eigenvalue weighted by Crippen LogP contribution is -2.20. The molecule has 2 aromatic rings. The van der Waals surface area contributed by atoms with E-state index in [1.165, 1.54) is 15.3 Å². The van der Waals surface area contributed by atoms with E-state index in [2.05, 4.69) is 43.4 Å². The molecule has 19 heavy (non-hydrogen) atoms. The Kier molecular flexibility index (Phi) is 5.00. The quantitative estimate of drug-likeness (QED) is 0.861. The number of ether oxygens (including phenoxy) is 1. The fourth-order valence-corrected chi connectivity index (χ4v) is 2.92. The number of rotatable bonds is 6. The van der Waals surface area contributed by atoms with Gasteiger partial charge in [0.25, 0.3) is 0 Å². The molecule has 0 saturated heterocycles. The summed E-state index contributed by atoms with van der Waals surface area (Å²) in [6, 6.07) is 13.1. The van der Waals surface area contributed by atoms with Crippen LogP contribution in [0.4, 0.5) is 0 Å². The summed E-state index contributed by atoms with van der Waals surface area (Å²) in [6.07, 6.45) is 1.04. The van der Waals surface area contributed by atoms with Gasteiger partial charge in [-0.3, -0.25) is 0 Å². The molecule has 1 aromatic heterocycles. The molecule has 1 heterocycles. The summed E-state index contributed by atoms with van der Waals surface area (Å²) in [5.41, 5.74) is 1.34. The number of nitrogens with one attached hydrogen (secondary N) is 1. The van der Waals surface area contributed by atoms with Crippen molar-refractivity contribution in [2.75, 3.05) is 13.7 Å². The van der Waals surface area contributed by atoms with Crippen LogP contribution in [0.3, 0.4) is 0 Å². The third-order valence-corrected chi connectivity index (χ3v) is 4.39. The number of hydrogen-bond acceptors (Lipinski definition) is 3. The molecular formula is C16H21NOS. The molecule has 0 bridgehead atoms. The Labute approximate surface area is 119 Å². The van der Waals surface area contributed by atoms with Crippen LogP contribution in [0.5, 0.6) is 5.75 Å². The Morgan fingerprint density at radius 2 is 1.89 bits per heavy atom. The van der Waals surface area contributed by atoms with Crippen LogP contribution in [0, 0.1) is 6.92 Å². The topological polar surface area (TPSA) is 21.3 Å². The first kappa shape index (κ1) is 14.1. The van der Waals surface area contributed by atoms with Crippen molar-refractivity contribution in [3.8, 4) is 5.75 Å². The normalized spacial score (nSPS) is 12.4. The molecule has 0 amide bonds. The predicted molar refractivity (Wildman–Crippen MR) is 82.2 cm³/mol. The fourth-order valence-electron chi connectivity index (χ4n) is 2.01. The number of hydrogen-bond donors (Lipinski definition) is 1. The maximum Gasteiger partial charge on any atom is 0.118 e. The highest BCUT2D eigenvalue weighted by atomic mass is 32.1. The van der Waals surface area contributed by atoms with Gasteiger partial charge in [0, 0.05) is 15.8 Å². The van der Waals surface area contributed by atoms with Crippen LogP contribution in [-0.4, -0.2) is 13.7 Å². The Hall–Kier alpha value is -1.32. The average molecular weight is 275 g/mol. The Bertz CT molecular complexity index is 504. The van der Waals surface area contributed by atoms with E-state index in [0.717, 1.165) is 18.7 Å². The average Bonchev–Trinajstić information content (AvgIpc) is 2.86. The number of methoxy groups -OCH3 is 1. The highest BCUT2D eigenvalue weighted by molar-refractivity contribution is 7.12. The molecule has 1 N–H and O–H groups in total. The maximum absolute atomic E-state index is 5.16. The standard InChI is InChI=1S/C16H21NOS/c1-12-4-9-16(19-12)13(2)17-11-10-14-5-7-15(18-3)8-6-14/h4-9,13,17H,10-11H2,1-3H3. The third kappa shape index (κ3) is 4.08. The second-order valence-corrected chi connectivity index (χ2v) is 6.04. The molecule has 1 atom stereocenters. The molecule has 0 aliphatic carbocycles. The maximum atomic E-state index is 5.16. The van der Waals surface area contributed by atoms with Crippen LogP contribution < -0.4 is 10.1 Å². The van der Waals surface area contributed by atoms with Crippen molar-refractivity contribution < 1.29 is 4.74 Å². The van der Waals surface area contributed by atoms with Gasteiger partial charge in [0.15, 0.2) is 0 Å². The summed E-state index contributed by atoms with van der Waals surface area (Å²) < 4.78 is 5.16. The van der Waals surface area contributed by atoms with Crippen molar-refractivity contribution in [1.29, 1.82) is 0 Å². The summed E-state index contributed by atoms with van der Waals surface area (Å²) in [5, 5.41) is 3.57. The molecule has 0 aliphatic rings. The van der Waals surface area contributed by atoms with Gasteiger partial charge in [-0.1, -0.05) is 12.1 Å². The number of thiophene rings is 1. The van der Waals surface area contributed by atoms with Gasteiger partial charge in [-0.2, -0.15) is 0 Å². The Morgan fingerprint density at radius 3 is 2.47 bits per heavy atom. The second kappa shape index (κ2) is 6.73. The molecule has 2 nitrogen and oxygen atoms in total. The van der Waals surface area contributed by atoms with Crippen LogP contribution in [0.25, 0.3) is 0 Å². The van der Waals surface area contributed by atoms with E-state index in [1.54, 1.807) is 7.11 Å². The van der Waals surface area contributed by atoms with Gasteiger partial charge >= 0.3 is 0 Å². The number of benzene rings is 1. The van der Waals surface area contributed by atoms with Crippen LogP contribution in [0.15, 0.2) is 36.4 Å². The van der Waals surface area contributed by atoms with E-state index in [-0.39, 0.29) is 0 Å². The summed E-state index contributed by atoms with van der Waals surface area (Å²) in [6.45, 7) is 5.36. The fraction of sp³-hybridized carbons (Fsp3) is 0.375. The van der Waals surface area contributed by atoms with Gasteiger partial charge in [0.2, 0.25) is 0 Å². The predicted octanol–water partition coefficient (Wildman–Crippen LogP) is 3.96. The molecule has 102 valence electrons. The lowest BCUT2D eigenvalue weighted by atomic mass is 10.1. The van der Waals surface area contributed by atoms with Gasteiger partial charge in [-0.15, -0.1) is 11.3 Å². The van der Waals surface area contributed by atoms with E-state index < -0.39 is 0 Å². The first-order valence-electron chi connectivity index (χ1n) is 6.61. The van der Waals surface area contributed by atoms with Crippen molar-refractivity contribution in [2.24, 2.45) is 0 Å². The largest absolute Gasteiger partial charge is 0.497 e. The molecule has 0 aliphatic heterocycles. The van der Waals surface area contributed by atoms with Gasteiger partial charge in [-0.05, 0) is 56.6 Å². The molecule has 0 fully saturated rings. The molecule has 3 heteroatoms. The molecular weight excluding hydrogens is 254 g/mol. The SMILES string of the molecule is COc1ccc(CCNC(C)c2ccc(C)s2)cc1. The van der Waals surface area contributed by atoms with E-state index in [0.29, 0.717) is 6.04 Å². The molecule has 2 rings (SSSR count). The van der Waals surface area contributed by atoms with Crippen molar-refractivity contribution >= 4 is 11.3 Å². The molecule has 1 aromatic carbocycles. The first-order chi connectivity index (χ1) is 9.19. The molecule has 1 unspecified atom stereocenters. The minimum absolute atomic E-state index is 0.428. The zero-order valence-electron chi connectivity index (χ0n) is 11.8. The lowest BCUT2D eigenvalue weighted by molar-refractivity contribution is 0.414. The zero-order chi connectivity index (χ0) is 13.7.